The molecule has 0 saturated carbocycles. The average Bonchev–Trinajstić information content (AvgIpc) is 2.51. The number of aliphatic hydroxyl groups is 1. The van der Waals surface area contributed by atoms with E-state index in [1.54, 1.807) is 11.3 Å². The van der Waals surface area contributed by atoms with Gasteiger partial charge in [-0.2, -0.15) is 0 Å². The molecule has 2 atom stereocenters. The van der Waals surface area contributed by atoms with Crippen molar-refractivity contribution in [2.24, 2.45) is 5.73 Å². The third-order valence-corrected chi connectivity index (χ3v) is 4.31. The van der Waals surface area contributed by atoms with E-state index in [0.29, 0.717) is 0 Å². The van der Waals surface area contributed by atoms with Gasteiger partial charge in [-0.15, -0.1) is 11.3 Å². The van der Waals surface area contributed by atoms with Crippen molar-refractivity contribution in [2.45, 2.75) is 38.6 Å². The van der Waals surface area contributed by atoms with Crippen molar-refractivity contribution in [3.8, 4) is 0 Å². The molecule has 1 rings (SSSR count). The summed E-state index contributed by atoms with van der Waals surface area (Å²) < 4.78 is 0. The summed E-state index contributed by atoms with van der Waals surface area (Å²) in [7, 11) is 0. The van der Waals surface area contributed by atoms with Crippen LogP contribution in [0, 0.1) is 6.92 Å². The topological polar surface area (TPSA) is 46.2 Å². The SMILES string of the molecule is Cc1ccsc1C(C)(CCO)C(C)N. The molecule has 0 saturated heterocycles. The van der Waals surface area contributed by atoms with Crippen LogP contribution in [0.5, 0.6) is 0 Å². The first-order chi connectivity index (χ1) is 6.52. The Morgan fingerprint density at radius 2 is 2.29 bits per heavy atom. The number of aryl methyl sites for hydroxylation is 1. The van der Waals surface area contributed by atoms with Crippen LogP contribution in [0.25, 0.3) is 0 Å². The minimum absolute atomic E-state index is 0.0620. The van der Waals surface area contributed by atoms with Gasteiger partial charge in [-0.05, 0) is 37.3 Å². The highest BCUT2D eigenvalue weighted by molar-refractivity contribution is 7.10. The highest BCUT2D eigenvalue weighted by atomic mass is 32.1. The van der Waals surface area contributed by atoms with E-state index >= 15 is 0 Å². The van der Waals surface area contributed by atoms with Crippen molar-refractivity contribution in [1.29, 1.82) is 0 Å². The van der Waals surface area contributed by atoms with E-state index < -0.39 is 0 Å². The van der Waals surface area contributed by atoms with E-state index in [1.807, 2.05) is 6.92 Å². The van der Waals surface area contributed by atoms with Gasteiger partial charge in [0, 0.05) is 22.9 Å². The summed E-state index contributed by atoms with van der Waals surface area (Å²) in [6, 6.07) is 2.17. The van der Waals surface area contributed by atoms with Crippen LogP contribution in [-0.2, 0) is 5.41 Å². The Morgan fingerprint density at radius 3 is 2.64 bits per heavy atom. The molecule has 0 radical (unpaired) electrons. The molecule has 0 amide bonds. The largest absolute Gasteiger partial charge is 0.396 e. The van der Waals surface area contributed by atoms with Gasteiger partial charge < -0.3 is 10.8 Å². The van der Waals surface area contributed by atoms with Gasteiger partial charge in [-0.1, -0.05) is 6.92 Å². The second kappa shape index (κ2) is 4.43. The van der Waals surface area contributed by atoms with Crippen LogP contribution >= 0.6 is 11.3 Å². The molecule has 3 heteroatoms. The molecule has 0 bridgehead atoms. The maximum absolute atomic E-state index is 9.09. The maximum atomic E-state index is 9.09. The summed E-state index contributed by atoms with van der Waals surface area (Å²) in [6.45, 7) is 6.43. The van der Waals surface area contributed by atoms with Crippen molar-refractivity contribution in [1.82, 2.24) is 0 Å². The summed E-state index contributed by atoms with van der Waals surface area (Å²) in [4.78, 5) is 1.31. The minimum atomic E-state index is -0.0903. The van der Waals surface area contributed by atoms with Crippen molar-refractivity contribution in [2.75, 3.05) is 6.61 Å². The Balaban J connectivity index is 3.05. The smallest absolute Gasteiger partial charge is 0.0440 e. The summed E-state index contributed by atoms with van der Waals surface area (Å²) in [6.07, 6.45) is 0.728. The molecule has 0 fully saturated rings. The lowest BCUT2D eigenvalue weighted by molar-refractivity contribution is 0.231. The molecular weight excluding hydrogens is 194 g/mol. The summed E-state index contributed by atoms with van der Waals surface area (Å²) >= 11 is 1.73. The zero-order valence-electron chi connectivity index (χ0n) is 9.08. The lowest BCUT2D eigenvalue weighted by Crippen LogP contribution is -2.41. The van der Waals surface area contributed by atoms with Crippen molar-refractivity contribution in [3.63, 3.8) is 0 Å². The monoisotopic (exact) mass is 213 g/mol. The van der Waals surface area contributed by atoms with E-state index in [2.05, 4.69) is 25.3 Å². The van der Waals surface area contributed by atoms with E-state index in [9.17, 15) is 0 Å². The summed E-state index contributed by atoms with van der Waals surface area (Å²) in [5, 5.41) is 11.2. The lowest BCUT2D eigenvalue weighted by Gasteiger charge is -2.33. The molecule has 2 nitrogen and oxygen atoms in total. The van der Waals surface area contributed by atoms with Crippen LogP contribution < -0.4 is 5.73 Å². The molecule has 1 aromatic rings. The van der Waals surface area contributed by atoms with Crippen LogP contribution in [-0.4, -0.2) is 17.8 Å². The number of hydrogen-bond acceptors (Lipinski definition) is 3. The Labute approximate surface area is 89.8 Å². The Morgan fingerprint density at radius 1 is 1.64 bits per heavy atom. The van der Waals surface area contributed by atoms with Crippen LogP contribution in [0.3, 0.4) is 0 Å². The zero-order valence-corrected chi connectivity index (χ0v) is 9.90. The molecule has 0 spiro atoms. The molecular formula is C11H19NOS. The number of thiophene rings is 1. The van der Waals surface area contributed by atoms with Crippen molar-refractivity contribution in [3.05, 3.63) is 21.9 Å². The van der Waals surface area contributed by atoms with Gasteiger partial charge in [0.15, 0.2) is 0 Å². The van der Waals surface area contributed by atoms with Gasteiger partial charge >= 0.3 is 0 Å². The first kappa shape index (κ1) is 11.7. The predicted octanol–water partition coefficient (Wildman–Crippen LogP) is 2.04. The van der Waals surface area contributed by atoms with E-state index in [4.69, 9.17) is 10.8 Å². The quantitative estimate of drug-likeness (QED) is 0.804. The molecule has 1 aromatic heterocycles. The molecule has 0 aliphatic carbocycles. The average molecular weight is 213 g/mol. The van der Waals surface area contributed by atoms with Crippen LogP contribution in [0.4, 0.5) is 0 Å². The Bertz CT molecular complexity index is 295. The number of rotatable bonds is 4. The van der Waals surface area contributed by atoms with Crippen LogP contribution in [0.2, 0.25) is 0 Å². The second-order valence-electron chi connectivity index (χ2n) is 4.11. The van der Waals surface area contributed by atoms with Gasteiger partial charge in [0.25, 0.3) is 0 Å². The van der Waals surface area contributed by atoms with E-state index in [1.165, 1.54) is 10.4 Å². The van der Waals surface area contributed by atoms with Gasteiger partial charge in [-0.25, -0.2) is 0 Å². The fourth-order valence-electron chi connectivity index (χ4n) is 1.74. The Hall–Kier alpha value is -0.380. The fraction of sp³-hybridized carbons (Fsp3) is 0.636. The molecule has 0 aliphatic heterocycles. The second-order valence-corrected chi connectivity index (χ2v) is 5.03. The predicted molar refractivity (Wildman–Crippen MR) is 61.8 cm³/mol. The van der Waals surface area contributed by atoms with Gasteiger partial charge in [0.1, 0.15) is 0 Å². The first-order valence-electron chi connectivity index (χ1n) is 4.93. The Kier molecular flexibility index (Phi) is 3.70. The highest BCUT2D eigenvalue weighted by Crippen LogP contribution is 2.36. The number of hydrogen-bond donors (Lipinski definition) is 2. The van der Waals surface area contributed by atoms with E-state index in [-0.39, 0.29) is 18.1 Å². The molecule has 0 aromatic carbocycles. The lowest BCUT2D eigenvalue weighted by atomic mass is 9.78. The molecule has 14 heavy (non-hydrogen) atoms. The standard InChI is InChI=1S/C11H19NOS/c1-8-4-7-14-10(8)11(3,5-6-13)9(2)12/h4,7,9,13H,5-6,12H2,1-3H3. The molecule has 80 valence electrons. The zero-order chi connectivity index (χ0) is 10.8. The van der Waals surface area contributed by atoms with E-state index in [0.717, 1.165) is 6.42 Å². The third-order valence-electron chi connectivity index (χ3n) is 3.02. The molecule has 0 aliphatic rings. The molecule has 2 unspecified atom stereocenters. The molecule has 1 heterocycles. The van der Waals surface area contributed by atoms with Crippen molar-refractivity contribution < 1.29 is 5.11 Å². The normalized spacial score (nSPS) is 17.8. The van der Waals surface area contributed by atoms with Gasteiger partial charge in [0.2, 0.25) is 0 Å². The number of nitrogens with two attached hydrogens (primary N) is 1. The summed E-state index contributed by atoms with van der Waals surface area (Å²) in [5.74, 6) is 0. The number of aliphatic hydroxyl groups excluding tert-OH is 1. The first-order valence-corrected chi connectivity index (χ1v) is 5.81. The van der Waals surface area contributed by atoms with Crippen LogP contribution in [0.1, 0.15) is 30.7 Å². The fourth-order valence-corrected chi connectivity index (χ4v) is 2.96. The maximum Gasteiger partial charge on any atom is 0.0440 e. The van der Waals surface area contributed by atoms with Gasteiger partial charge in [0.05, 0.1) is 0 Å². The van der Waals surface area contributed by atoms with Crippen molar-refractivity contribution >= 4 is 11.3 Å². The third kappa shape index (κ3) is 2.00. The summed E-state index contributed by atoms with van der Waals surface area (Å²) in [5.41, 5.74) is 7.20. The minimum Gasteiger partial charge on any atom is -0.396 e. The van der Waals surface area contributed by atoms with Crippen LogP contribution in [0.15, 0.2) is 11.4 Å². The molecule has 3 N–H and O–H groups in total. The van der Waals surface area contributed by atoms with Gasteiger partial charge in [-0.3, -0.25) is 0 Å². The highest BCUT2D eigenvalue weighted by Gasteiger charge is 2.32.